The van der Waals surface area contributed by atoms with E-state index in [0.29, 0.717) is 50.4 Å². The van der Waals surface area contributed by atoms with Gasteiger partial charge in [0.1, 0.15) is 0 Å². The maximum absolute atomic E-state index is 13.0. The van der Waals surface area contributed by atoms with Crippen LogP contribution in [0.4, 0.5) is 0 Å². The minimum Gasteiger partial charge on any atom is -0.335 e. The number of benzene rings is 1. The summed E-state index contributed by atoms with van der Waals surface area (Å²) in [6.45, 7) is 3.79. The van der Waals surface area contributed by atoms with E-state index in [9.17, 15) is 18.0 Å². The molecule has 0 N–H and O–H groups in total. The number of nitrogens with zero attached hydrogens (tertiary/aromatic N) is 5. The highest BCUT2D eigenvalue weighted by atomic mass is 32.2. The number of aromatic nitrogens is 2. The predicted octanol–water partition coefficient (Wildman–Crippen LogP) is 1.60. The summed E-state index contributed by atoms with van der Waals surface area (Å²) < 4.78 is 28.8. The van der Waals surface area contributed by atoms with Crippen molar-refractivity contribution >= 4 is 21.8 Å². The fourth-order valence-electron chi connectivity index (χ4n) is 4.91. The van der Waals surface area contributed by atoms with Gasteiger partial charge in [-0.3, -0.25) is 14.3 Å². The number of rotatable bonds is 4. The van der Waals surface area contributed by atoms with Gasteiger partial charge >= 0.3 is 0 Å². The number of piperazine rings is 1. The first-order valence-corrected chi connectivity index (χ1v) is 13.1. The number of fused-ring (bicyclic) bond motifs is 1. The first-order chi connectivity index (χ1) is 15.9. The summed E-state index contributed by atoms with van der Waals surface area (Å²) in [6, 6.07) is 6.21. The van der Waals surface area contributed by atoms with Crippen molar-refractivity contribution in [1.82, 2.24) is 23.9 Å². The molecule has 1 aromatic heterocycles. The zero-order chi connectivity index (χ0) is 23.0. The summed E-state index contributed by atoms with van der Waals surface area (Å²) in [5, 5.41) is 4.36. The van der Waals surface area contributed by atoms with Gasteiger partial charge in [0.05, 0.1) is 22.3 Å². The molecule has 2 saturated heterocycles. The van der Waals surface area contributed by atoms with Crippen LogP contribution in [-0.2, 0) is 23.0 Å². The fourth-order valence-corrected chi connectivity index (χ4v) is 6.43. The summed E-state index contributed by atoms with van der Waals surface area (Å²) in [4.78, 5) is 29.7. The van der Waals surface area contributed by atoms with E-state index in [1.54, 1.807) is 28.1 Å². The molecule has 9 nitrogen and oxygen atoms in total. The van der Waals surface area contributed by atoms with Crippen LogP contribution in [0.3, 0.4) is 0 Å². The summed E-state index contributed by atoms with van der Waals surface area (Å²) in [7, 11) is -3.49. The molecule has 0 saturated carbocycles. The summed E-state index contributed by atoms with van der Waals surface area (Å²) in [5.41, 5.74) is 2.17. The molecular formula is C23H29N5O4S. The molecule has 10 heteroatoms. The number of hydrogen-bond donors (Lipinski definition) is 0. The Labute approximate surface area is 194 Å². The molecule has 0 bridgehead atoms. The number of aryl methyl sites for hydroxylation is 1. The molecule has 3 aliphatic rings. The first-order valence-electron chi connectivity index (χ1n) is 11.7. The number of amides is 2. The normalized spacial score (nSPS) is 19.5. The van der Waals surface area contributed by atoms with Crippen molar-refractivity contribution in [3.05, 3.63) is 47.3 Å². The standard InChI is InChI=1S/C23H29N5O4S/c29-22(18-6-8-19(9-7-18)33(31,32)27-10-3-4-11-27)25-13-15-26(16-14-25)23(30)20-17-24-28-12-2-1-5-21(20)28/h6-9,17H,1-5,10-16H2. The molecule has 2 fully saturated rings. The molecule has 0 radical (unpaired) electrons. The molecule has 3 aliphatic heterocycles. The molecule has 33 heavy (non-hydrogen) atoms. The molecule has 0 aliphatic carbocycles. The van der Waals surface area contributed by atoms with Gasteiger partial charge in [0.2, 0.25) is 10.0 Å². The zero-order valence-corrected chi connectivity index (χ0v) is 19.5. The van der Waals surface area contributed by atoms with Crippen LogP contribution >= 0.6 is 0 Å². The smallest absolute Gasteiger partial charge is 0.257 e. The lowest BCUT2D eigenvalue weighted by molar-refractivity contribution is 0.0534. The SMILES string of the molecule is O=C(c1ccc(S(=O)(=O)N2CCCC2)cc1)N1CCN(C(=O)c2cnn3c2CCCC3)CC1. The quantitative estimate of drug-likeness (QED) is 0.675. The van der Waals surface area contributed by atoms with Crippen LogP contribution in [-0.4, -0.2) is 83.4 Å². The van der Waals surface area contributed by atoms with E-state index < -0.39 is 10.0 Å². The van der Waals surface area contributed by atoms with Gasteiger partial charge in [-0.05, 0) is 56.4 Å². The summed E-state index contributed by atoms with van der Waals surface area (Å²) in [5.74, 6) is -0.156. The van der Waals surface area contributed by atoms with E-state index in [2.05, 4.69) is 5.10 Å². The number of carbonyl (C=O) groups excluding carboxylic acids is 2. The van der Waals surface area contributed by atoms with Crippen LogP contribution in [0.1, 0.15) is 52.1 Å². The predicted molar refractivity (Wildman–Crippen MR) is 121 cm³/mol. The zero-order valence-electron chi connectivity index (χ0n) is 18.6. The second-order valence-electron chi connectivity index (χ2n) is 8.91. The lowest BCUT2D eigenvalue weighted by Crippen LogP contribution is -2.50. The summed E-state index contributed by atoms with van der Waals surface area (Å²) >= 11 is 0. The van der Waals surface area contributed by atoms with E-state index in [0.717, 1.165) is 44.3 Å². The average molecular weight is 472 g/mol. The lowest BCUT2D eigenvalue weighted by Gasteiger charge is -2.35. The van der Waals surface area contributed by atoms with Crippen LogP contribution in [0, 0.1) is 0 Å². The molecule has 0 atom stereocenters. The Morgan fingerprint density at radius 2 is 1.36 bits per heavy atom. The van der Waals surface area contributed by atoms with Gasteiger partial charge in [0, 0.05) is 51.4 Å². The van der Waals surface area contributed by atoms with Crippen LogP contribution in [0.5, 0.6) is 0 Å². The summed E-state index contributed by atoms with van der Waals surface area (Å²) in [6.07, 6.45) is 6.49. The van der Waals surface area contributed by atoms with Gasteiger partial charge in [-0.25, -0.2) is 8.42 Å². The minimum absolute atomic E-state index is 0.0123. The molecular weight excluding hydrogens is 442 g/mol. The Bertz CT molecular complexity index is 1140. The van der Waals surface area contributed by atoms with E-state index >= 15 is 0 Å². The average Bonchev–Trinajstić information content (AvgIpc) is 3.54. The maximum atomic E-state index is 13.0. The molecule has 1 aromatic carbocycles. The van der Waals surface area contributed by atoms with E-state index in [1.165, 1.54) is 16.4 Å². The van der Waals surface area contributed by atoms with Crippen molar-refractivity contribution < 1.29 is 18.0 Å². The second kappa shape index (κ2) is 8.90. The van der Waals surface area contributed by atoms with Gasteiger partial charge < -0.3 is 9.80 Å². The molecule has 0 unspecified atom stereocenters. The highest BCUT2D eigenvalue weighted by Crippen LogP contribution is 2.23. The fraction of sp³-hybridized carbons (Fsp3) is 0.522. The molecule has 2 amide bonds. The third-order valence-electron chi connectivity index (χ3n) is 6.87. The Hall–Kier alpha value is -2.72. The highest BCUT2D eigenvalue weighted by Gasteiger charge is 2.30. The number of sulfonamides is 1. The third-order valence-corrected chi connectivity index (χ3v) is 8.78. The Morgan fingerprint density at radius 3 is 2.03 bits per heavy atom. The highest BCUT2D eigenvalue weighted by molar-refractivity contribution is 7.89. The largest absolute Gasteiger partial charge is 0.335 e. The van der Waals surface area contributed by atoms with Gasteiger partial charge in [0.25, 0.3) is 11.8 Å². The Morgan fingerprint density at radius 1 is 0.758 bits per heavy atom. The molecule has 0 spiro atoms. The van der Waals surface area contributed by atoms with Gasteiger partial charge in [-0.1, -0.05) is 0 Å². The minimum atomic E-state index is -3.49. The number of hydrogen-bond acceptors (Lipinski definition) is 5. The van der Waals surface area contributed by atoms with Crippen LogP contribution in [0.25, 0.3) is 0 Å². The van der Waals surface area contributed by atoms with Crippen molar-refractivity contribution in [1.29, 1.82) is 0 Å². The monoisotopic (exact) mass is 471 g/mol. The maximum Gasteiger partial charge on any atom is 0.257 e. The lowest BCUT2D eigenvalue weighted by atomic mass is 10.1. The first kappa shape index (κ1) is 22.1. The van der Waals surface area contributed by atoms with Crippen molar-refractivity contribution in [2.45, 2.75) is 43.5 Å². The number of carbonyl (C=O) groups is 2. The van der Waals surface area contributed by atoms with Crippen molar-refractivity contribution in [3.63, 3.8) is 0 Å². The second-order valence-corrected chi connectivity index (χ2v) is 10.8. The van der Waals surface area contributed by atoms with Crippen LogP contribution < -0.4 is 0 Å². The van der Waals surface area contributed by atoms with Crippen LogP contribution in [0.2, 0.25) is 0 Å². The molecule has 4 heterocycles. The van der Waals surface area contributed by atoms with Gasteiger partial charge in [0.15, 0.2) is 0 Å². The van der Waals surface area contributed by atoms with Crippen molar-refractivity contribution in [3.8, 4) is 0 Å². The van der Waals surface area contributed by atoms with E-state index in [-0.39, 0.29) is 16.7 Å². The Balaban J connectivity index is 1.21. The van der Waals surface area contributed by atoms with Gasteiger partial charge in [-0.15, -0.1) is 0 Å². The van der Waals surface area contributed by atoms with Crippen molar-refractivity contribution in [2.75, 3.05) is 39.3 Å². The Kier molecular flexibility index (Phi) is 5.96. The van der Waals surface area contributed by atoms with Gasteiger partial charge in [-0.2, -0.15) is 9.40 Å². The van der Waals surface area contributed by atoms with E-state index in [1.807, 2.05) is 4.68 Å². The van der Waals surface area contributed by atoms with Crippen molar-refractivity contribution in [2.24, 2.45) is 0 Å². The molecule has 2 aromatic rings. The molecule has 176 valence electrons. The molecule has 5 rings (SSSR count). The van der Waals surface area contributed by atoms with E-state index in [4.69, 9.17) is 0 Å². The third kappa shape index (κ3) is 4.17. The van der Waals surface area contributed by atoms with Crippen LogP contribution in [0.15, 0.2) is 35.4 Å². The topological polar surface area (TPSA) is 95.8 Å².